The topological polar surface area (TPSA) is 87.0 Å². The highest BCUT2D eigenvalue weighted by molar-refractivity contribution is 7.91. The van der Waals surface area contributed by atoms with Crippen LogP contribution >= 0.6 is 0 Å². The van der Waals surface area contributed by atoms with Crippen LogP contribution in [0.4, 0.5) is 0 Å². The van der Waals surface area contributed by atoms with Crippen molar-refractivity contribution in [3.8, 4) is 6.07 Å². The maximum Gasteiger partial charge on any atom is 0.240 e. The first-order valence-corrected chi connectivity index (χ1v) is 7.07. The fourth-order valence-corrected chi connectivity index (χ4v) is 4.11. The Hall–Kier alpha value is -1.09. The monoisotopic (exact) mass is 242 g/mol. The summed E-state index contributed by atoms with van der Waals surface area (Å²) < 4.78 is 22.7. The average molecular weight is 242 g/mol. The number of nitriles is 1. The van der Waals surface area contributed by atoms with Crippen molar-refractivity contribution in [2.75, 3.05) is 11.5 Å². The molecule has 0 aromatic heterocycles. The van der Waals surface area contributed by atoms with Crippen molar-refractivity contribution in [1.82, 2.24) is 5.32 Å². The first-order valence-electron chi connectivity index (χ1n) is 5.25. The van der Waals surface area contributed by atoms with Crippen LogP contribution in [0.2, 0.25) is 0 Å². The summed E-state index contributed by atoms with van der Waals surface area (Å²) in [5.41, 5.74) is -1.57. The molecule has 88 valence electrons. The number of amides is 1. The van der Waals surface area contributed by atoms with Gasteiger partial charge in [0.1, 0.15) is 5.41 Å². The van der Waals surface area contributed by atoms with Crippen molar-refractivity contribution in [2.45, 2.75) is 31.7 Å². The van der Waals surface area contributed by atoms with Gasteiger partial charge in [-0.05, 0) is 26.2 Å². The average Bonchev–Trinajstić information content (AvgIpc) is 2.90. The maximum absolute atomic E-state index is 11.8. The van der Waals surface area contributed by atoms with Crippen molar-refractivity contribution >= 4 is 15.7 Å². The van der Waals surface area contributed by atoms with Gasteiger partial charge in [0, 0.05) is 0 Å². The number of carbonyl (C=O) groups excluding carboxylic acids is 1. The molecule has 1 saturated carbocycles. The van der Waals surface area contributed by atoms with E-state index >= 15 is 0 Å². The second-order valence-electron chi connectivity index (χ2n) is 5.05. The Morgan fingerprint density at radius 2 is 2.00 bits per heavy atom. The highest BCUT2D eigenvalue weighted by Gasteiger charge is 2.53. The van der Waals surface area contributed by atoms with E-state index in [4.69, 9.17) is 5.26 Å². The van der Waals surface area contributed by atoms with Crippen LogP contribution in [0.3, 0.4) is 0 Å². The third-order valence-corrected chi connectivity index (χ3v) is 5.22. The van der Waals surface area contributed by atoms with E-state index in [1.54, 1.807) is 6.92 Å². The minimum Gasteiger partial charge on any atom is -0.349 e. The Balaban J connectivity index is 2.07. The van der Waals surface area contributed by atoms with Gasteiger partial charge in [-0.1, -0.05) is 0 Å². The highest BCUT2D eigenvalue weighted by atomic mass is 32.2. The first kappa shape index (κ1) is 11.4. The zero-order chi connectivity index (χ0) is 12.0. The van der Waals surface area contributed by atoms with Crippen LogP contribution in [0.15, 0.2) is 0 Å². The zero-order valence-corrected chi connectivity index (χ0v) is 9.93. The third kappa shape index (κ3) is 1.92. The van der Waals surface area contributed by atoms with E-state index in [9.17, 15) is 13.2 Å². The fraction of sp³-hybridized carbons (Fsp3) is 0.800. The van der Waals surface area contributed by atoms with Crippen LogP contribution in [0.5, 0.6) is 0 Å². The van der Waals surface area contributed by atoms with Gasteiger partial charge in [0.15, 0.2) is 9.84 Å². The Morgan fingerprint density at radius 3 is 2.38 bits per heavy atom. The molecule has 0 bridgehead atoms. The van der Waals surface area contributed by atoms with Gasteiger partial charge in [-0.2, -0.15) is 5.26 Å². The van der Waals surface area contributed by atoms with Crippen LogP contribution in [0, 0.1) is 16.7 Å². The van der Waals surface area contributed by atoms with E-state index < -0.39 is 20.8 Å². The largest absolute Gasteiger partial charge is 0.349 e. The Labute approximate surface area is 94.7 Å². The van der Waals surface area contributed by atoms with Crippen LogP contribution < -0.4 is 5.32 Å². The van der Waals surface area contributed by atoms with Gasteiger partial charge >= 0.3 is 0 Å². The van der Waals surface area contributed by atoms with Crippen molar-refractivity contribution in [1.29, 1.82) is 5.26 Å². The quantitative estimate of drug-likeness (QED) is 0.737. The normalized spacial score (nSPS) is 34.0. The van der Waals surface area contributed by atoms with E-state index in [0.717, 1.165) is 0 Å². The van der Waals surface area contributed by atoms with Gasteiger partial charge in [-0.15, -0.1) is 0 Å². The van der Waals surface area contributed by atoms with E-state index in [2.05, 4.69) is 5.32 Å². The van der Waals surface area contributed by atoms with Gasteiger partial charge in [0.05, 0.1) is 23.1 Å². The van der Waals surface area contributed by atoms with Crippen LogP contribution in [0.25, 0.3) is 0 Å². The molecule has 1 atom stereocenters. The summed E-state index contributed by atoms with van der Waals surface area (Å²) in [4.78, 5) is 11.8. The standard InChI is InChI=1S/C10H14N2O3S/c1-9(4-5-16(14,15)7-9)12-8(13)10(6-11)2-3-10/h2-5,7H2,1H3,(H,12,13). The molecule has 1 amide bonds. The van der Waals surface area contributed by atoms with E-state index in [1.165, 1.54) is 0 Å². The van der Waals surface area contributed by atoms with E-state index in [0.29, 0.717) is 19.3 Å². The molecule has 5 nitrogen and oxygen atoms in total. The lowest BCUT2D eigenvalue weighted by molar-refractivity contribution is -0.126. The van der Waals surface area contributed by atoms with Crippen LogP contribution in [-0.4, -0.2) is 31.4 Å². The lowest BCUT2D eigenvalue weighted by Crippen LogP contribution is -2.49. The second-order valence-corrected chi connectivity index (χ2v) is 7.23. The summed E-state index contributed by atoms with van der Waals surface area (Å²) in [5.74, 6) is -0.217. The second kappa shape index (κ2) is 3.20. The van der Waals surface area contributed by atoms with E-state index in [-0.39, 0.29) is 17.4 Å². The smallest absolute Gasteiger partial charge is 0.240 e. The van der Waals surface area contributed by atoms with Gasteiger partial charge < -0.3 is 5.32 Å². The summed E-state index contributed by atoms with van der Waals surface area (Å²) >= 11 is 0. The molecule has 1 aliphatic carbocycles. The number of nitrogens with zero attached hydrogens (tertiary/aromatic N) is 1. The van der Waals surface area contributed by atoms with Crippen molar-refractivity contribution in [3.63, 3.8) is 0 Å². The molecule has 0 radical (unpaired) electrons. The minimum atomic E-state index is -3.03. The third-order valence-electron chi connectivity index (χ3n) is 3.32. The molecule has 1 N–H and O–H groups in total. The summed E-state index contributed by atoms with van der Waals surface area (Å²) in [6, 6.07) is 2.00. The van der Waals surface area contributed by atoms with Gasteiger partial charge in [-0.25, -0.2) is 8.42 Å². The SMILES string of the molecule is CC1(NC(=O)C2(C#N)CC2)CCS(=O)(=O)C1. The van der Waals surface area contributed by atoms with Crippen LogP contribution in [0.1, 0.15) is 26.2 Å². The molecular formula is C10H14N2O3S. The summed E-state index contributed by atoms with van der Waals surface area (Å²) in [6.45, 7) is 1.73. The minimum absolute atomic E-state index is 0.0206. The molecule has 2 rings (SSSR count). The lowest BCUT2D eigenvalue weighted by Gasteiger charge is -2.25. The molecule has 0 spiro atoms. The van der Waals surface area contributed by atoms with Gasteiger partial charge in [0.25, 0.3) is 0 Å². The van der Waals surface area contributed by atoms with Crippen molar-refractivity contribution < 1.29 is 13.2 Å². The highest BCUT2D eigenvalue weighted by Crippen LogP contribution is 2.45. The molecule has 2 aliphatic rings. The predicted molar refractivity (Wildman–Crippen MR) is 57.1 cm³/mol. The Morgan fingerprint density at radius 1 is 1.38 bits per heavy atom. The molecule has 1 saturated heterocycles. The fourth-order valence-electron chi connectivity index (χ4n) is 2.02. The Kier molecular flexibility index (Phi) is 2.28. The molecule has 0 aromatic carbocycles. The van der Waals surface area contributed by atoms with Gasteiger partial charge in [0.2, 0.25) is 5.91 Å². The summed E-state index contributed by atoms with van der Waals surface area (Å²) in [7, 11) is -3.03. The Bertz CT molecular complexity index is 473. The van der Waals surface area contributed by atoms with Crippen LogP contribution in [-0.2, 0) is 14.6 Å². The molecule has 2 fully saturated rings. The molecule has 16 heavy (non-hydrogen) atoms. The number of rotatable bonds is 2. The number of carbonyl (C=O) groups is 1. The number of nitrogens with one attached hydrogen (secondary N) is 1. The molecule has 0 aromatic rings. The predicted octanol–water partition coefficient (Wildman–Crippen LogP) is -0.0164. The molecular weight excluding hydrogens is 228 g/mol. The number of hydrogen-bond acceptors (Lipinski definition) is 4. The van der Waals surface area contributed by atoms with Crippen molar-refractivity contribution in [2.24, 2.45) is 5.41 Å². The van der Waals surface area contributed by atoms with E-state index in [1.807, 2.05) is 6.07 Å². The number of sulfone groups is 1. The summed E-state index contributed by atoms with van der Waals surface area (Å²) in [5, 5.41) is 11.6. The first-order chi connectivity index (χ1) is 7.31. The molecule has 6 heteroatoms. The number of hydrogen-bond donors (Lipinski definition) is 1. The van der Waals surface area contributed by atoms with Crippen molar-refractivity contribution in [3.05, 3.63) is 0 Å². The zero-order valence-electron chi connectivity index (χ0n) is 9.12. The lowest BCUT2D eigenvalue weighted by atomic mass is 9.99. The molecule has 1 heterocycles. The van der Waals surface area contributed by atoms with Gasteiger partial charge in [-0.3, -0.25) is 4.79 Å². The summed E-state index contributed by atoms with van der Waals surface area (Å²) in [6.07, 6.45) is 1.60. The molecule has 1 unspecified atom stereocenters. The molecule has 1 aliphatic heterocycles. The maximum atomic E-state index is 11.8.